The quantitative estimate of drug-likeness (QED) is 0.623. The van der Waals surface area contributed by atoms with Crippen molar-refractivity contribution in [2.75, 3.05) is 13.6 Å². The molecule has 1 aromatic heterocycles. The normalized spacial score (nSPS) is 33.4. The molecule has 0 saturated heterocycles. The van der Waals surface area contributed by atoms with Gasteiger partial charge in [0.2, 0.25) is 0 Å². The number of pyridine rings is 1. The van der Waals surface area contributed by atoms with Gasteiger partial charge in [-0.1, -0.05) is 25.1 Å². The lowest BCUT2D eigenvalue weighted by Gasteiger charge is -2.48. The molecule has 6 rings (SSSR count). The largest absolute Gasteiger partial charge is 0.489 e. The van der Waals surface area contributed by atoms with E-state index in [0.29, 0.717) is 6.42 Å². The number of carbonyl (C=O) groups excluding carboxylic acids is 2. The van der Waals surface area contributed by atoms with Gasteiger partial charge in [0.25, 0.3) is 0 Å². The number of benzene rings is 1. The molecule has 3 aliphatic carbocycles. The lowest BCUT2D eigenvalue weighted by atomic mass is 9.60. The van der Waals surface area contributed by atoms with Crippen molar-refractivity contribution in [2.45, 2.75) is 64.1 Å². The third kappa shape index (κ3) is 3.69. The van der Waals surface area contributed by atoms with Crippen molar-refractivity contribution >= 4 is 22.5 Å². The Bertz CT molecular complexity index is 1290. The van der Waals surface area contributed by atoms with Crippen LogP contribution in [0.3, 0.4) is 0 Å². The van der Waals surface area contributed by atoms with Crippen LogP contribution < -0.4 is 5.32 Å². The fraction of sp³-hybridized carbons (Fsp3) is 0.500. The molecule has 2 unspecified atom stereocenters. The van der Waals surface area contributed by atoms with E-state index in [-0.39, 0.29) is 47.1 Å². The van der Waals surface area contributed by atoms with E-state index >= 15 is 0 Å². The van der Waals surface area contributed by atoms with E-state index < -0.39 is 0 Å². The number of ether oxygens (including phenoxy) is 2. The van der Waals surface area contributed by atoms with Crippen LogP contribution in [-0.2, 0) is 19.1 Å². The number of carbonyl (C=O) groups is 2. The van der Waals surface area contributed by atoms with Gasteiger partial charge in [-0.25, -0.2) is 0 Å². The number of ketones is 1. The molecule has 2 heterocycles. The highest BCUT2D eigenvalue weighted by molar-refractivity contribution is 6.00. The second-order valence-corrected chi connectivity index (χ2v) is 11.3. The van der Waals surface area contributed by atoms with Gasteiger partial charge >= 0.3 is 5.97 Å². The van der Waals surface area contributed by atoms with E-state index in [0.717, 1.165) is 48.9 Å². The van der Waals surface area contributed by atoms with Crippen LogP contribution >= 0.6 is 0 Å². The summed E-state index contributed by atoms with van der Waals surface area (Å²) in [4.78, 5) is 29.5. The minimum absolute atomic E-state index is 0.0584. The molecule has 6 nitrogen and oxygen atoms in total. The van der Waals surface area contributed by atoms with Crippen LogP contribution in [0.15, 0.2) is 59.6 Å². The maximum Gasteiger partial charge on any atom is 0.302 e. The number of aromatic nitrogens is 1. The molecule has 188 valence electrons. The first-order valence-corrected chi connectivity index (χ1v) is 13.2. The minimum atomic E-state index is -0.243. The predicted molar refractivity (Wildman–Crippen MR) is 137 cm³/mol. The second-order valence-electron chi connectivity index (χ2n) is 11.3. The van der Waals surface area contributed by atoms with Crippen LogP contribution in [0, 0.1) is 17.3 Å². The molecule has 1 aromatic carbocycles. The van der Waals surface area contributed by atoms with Crippen molar-refractivity contribution in [1.82, 2.24) is 10.3 Å². The molecule has 2 fully saturated rings. The van der Waals surface area contributed by atoms with Gasteiger partial charge in [-0.3, -0.25) is 14.6 Å². The van der Waals surface area contributed by atoms with Crippen LogP contribution in [0.2, 0.25) is 0 Å². The Labute approximate surface area is 212 Å². The van der Waals surface area contributed by atoms with Crippen molar-refractivity contribution in [3.05, 3.63) is 65.2 Å². The van der Waals surface area contributed by atoms with Crippen molar-refractivity contribution < 1.29 is 19.1 Å². The molecule has 36 heavy (non-hydrogen) atoms. The van der Waals surface area contributed by atoms with Crippen molar-refractivity contribution in [1.29, 1.82) is 0 Å². The zero-order chi connectivity index (χ0) is 25.0. The standard InChI is InChI=1S/C30H34N2O4/c1-17(33)35-27-14-24-29-19(13-23-25(34)11-18(15-31-3)12-26(23)36-29)7-9-30(24,2)28(27)22-6-4-5-20-16-32-10-8-21(20)22/h4-6,8,10,13,16,18,24,27-29,31H,7,9,11-12,14-15H2,1-3H3/t18?,24-,27?,28-,29+,30-/m0/s1. The van der Waals surface area contributed by atoms with Gasteiger partial charge in [0, 0.05) is 49.4 Å². The molecule has 6 heteroatoms. The molecular weight excluding hydrogens is 452 g/mol. The number of fused-ring (bicyclic) bond motifs is 4. The maximum absolute atomic E-state index is 12.9. The highest BCUT2D eigenvalue weighted by Crippen LogP contribution is 2.63. The number of nitrogens with zero attached hydrogens (tertiary/aromatic N) is 1. The highest BCUT2D eigenvalue weighted by atomic mass is 16.5. The average molecular weight is 487 g/mol. The summed E-state index contributed by atoms with van der Waals surface area (Å²) in [6.07, 6.45) is 9.54. The summed E-state index contributed by atoms with van der Waals surface area (Å²) in [5.41, 5.74) is 3.11. The zero-order valence-electron chi connectivity index (χ0n) is 21.3. The lowest BCUT2D eigenvalue weighted by molar-refractivity contribution is -0.147. The molecule has 6 atom stereocenters. The number of rotatable bonds is 4. The predicted octanol–water partition coefficient (Wildman–Crippen LogP) is 4.85. The Morgan fingerprint density at radius 1 is 1.28 bits per heavy atom. The maximum atomic E-state index is 12.9. The Hall–Kier alpha value is -2.99. The summed E-state index contributed by atoms with van der Waals surface area (Å²) in [6.45, 7) is 4.66. The van der Waals surface area contributed by atoms with Crippen molar-refractivity contribution in [2.24, 2.45) is 17.3 Å². The average Bonchev–Trinajstić information content (AvgIpc) is 3.14. The second kappa shape index (κ2) is 8.84. The fourth-order valence-corrected chi connectivity index (χ4v) is 7.57. The fourth-order valence-electron chi connectivity index (χ4n) is 7.57. The first-order valence-electron chi connectivity index (χ1n) is 13.2. The molecule has 0 radical (unpaired) electrons. The molecule has 0 spiro atoms. The topological polar surface area (TPSA) is 77.5 Å². The van der Waals surface area contributed by atoms with Gasteiger partial charge in [-0.15, -0.1) is 0 Å². The number of Topliss-reactive ketones (excluding diaryl/α,β-unsaturated/α-hetero) is 1. The third-order valence-electron chi connectivity index (χ3n) is 9.11. The summed E-state index contributed by atoms with van der Waals surface area (Å²) < 4.78 is 12.8. The van der Waals surface area contributed by atoms with E-state index in [1.165, 1.54) is 23.4 Å². The molecule has 2 aromatic rings. The number of esters is 1. The first kappa shape index (κ1) is 23.4. The number of hydrogen-bond acceptors (Lipinski definition) is 6. The van der Waals surface area contributed by atoms with Gasteiger partial charge in [-0.2, -0.15) is 0 Å². The molecule has 0 amide bonds. The lowest BCUT2D eigenvalue weighted by Crippen LogP contribution is -2.44. The third-order valence-corrected chi connectivity index (χ3v) is 9.11. The Morgan fingerprint density at radius 3 is 2.94 bits per heavy atom. The van der Waals surface area contributed by atoms with Crippen LogP contribution in [0.25, 0.3) is 10.8 Å². The van der Waals surface area contributed by atoms with Crippen LogP contribution in [-0.4, -0.2) is 42.5 Å². The number of nitrogens with one attached hydrogen (secondary N) is 1. The van der Waals surface area contributed by atoms with Crippen LogP contribution in [0.1, 0.15) is 57.4 Å². The molecule has 1 aliphatic heterocycles. The van der Waals surface area contributed by atoms with E-state index in [2.05, 4.69) is 47.6 Å². The van der Waals surface area contributed by atoms with Crippen LogP contribution in [0.5, 0.6) is 0 Å². The van der Waals surface area contributed by atoms with Gasteiger partial charge in [-0.05, 0) is 72.9 Å². The summed E-state index contributed by atoms with van der Waals surface area (Å²) in [6, 6.07) is 8.43. The Balaban J connectivity index is 1.39. The van der Waals surface area contributed by atoms with Crippen molar-refractivity contribution in [3.63, 3.8) is 0 Å². The van der Waals surface area contributed by atoms with Crippen molar-refractivity contribution in [3.8, 4) is 0 Å². The smallest absolute Gasteiger partial charge is 0.302 e. The van der Waals surface area contributed by atoms with E-state index in [4.69, 9.17) is 9.47 Å². The summed E-state index contributed by atoms with van der Waals surface area (Å²) in [5.74, 6) is 1.32. The summed E-state index contributed by atoms with van der Waals surface area (Å²) in [5, 5.41) is 5.48. The molecular formula is C30H34N2O4. The highest BCUT2D eigenvalue weighted by Gasteiger charge is 2.60. The summed E-state index contributed by atoms with van der Waals surface area (Å²) >= 11 is 0. The Kier molecular flexibility index (Phi) is 5.75. The minimum Gasteiger partial charge on any atom is -0.489 e. The van der Waals surface area contributed by atoms with Crippen LogP contribution in [0.4, 0.5) is 0 Å². The van der Waals surface area contributed by atoms with Gasteiger partial charge in [0.05, 0.1) is 5.57 Å². The monoisotopic (exact) mass is 486 g/mol. The van der Waals surface area contributed by atoms with Gasteiger partial charge in [0.1, 0.15) is 18.0 Å². The molecule has 4 aliphatic rings. The van der Waals surface area contributed by atoms with Gasteiger partial charge in [0.15, 0.2) is 5.78 Å². The molecule has 2 saturated carbocycles. The number of hydrogen-bond donors (Lipinski definition) is 1. The molecule has 1 N–H and O–H groups in total. The molecule has 0 bridgehead atoms. The Morgan fingerprint density at radius 2 is 2.14 bits per heavy atom. The number of allylic oxidation sites excluding steroid dienone is 3. The summed E-state index contributed by atoms with van der Waals surface area (Å²) in [7, 11) is 1.93. The van der Waals surface area contributed by atoms with E-state index in [1.807, 2.05) is 19.4 Å². The zero-order valence-corrected chi connectivity index (χ0v) is 21.3. The van der Waals surface area contributed by atoms with E-state index in [1.54, 1.807) is 0 Å². The van der Waals surface area contributed by atoms with Gasteiger partial charge < -0.3 is 14.8 Å². The first-order chi connectivity index (χ1) is 17.4. The SMILES string of the molecule is CNCC1CC(=O)C2=C(C1)O[C@@H]1C(=C2)CC[C@]2(C)[C@@H](c3cccc4cnccc34)C(OC(C)=O)C[C@@H]12. The van der Waals surface area contributed by atoms with E-state index in [9.17, 15) is 9.59 Å².